The number of nitrogens with one attached hydrogen (secondary N) is 4. The number of aromatic nitrogens is 1. The van der Waals surface area contributed by atoms with E-state index >= 15 is 0 Å². The molecule has 2 amide bonds. The highest BCUT2D eigenvalue weighted by molar-refractivity contribution is 6.08. The topological polar surface area (TPSA) is 95.2 Å². The molecular weight excluding hydrogens is 402 g/mol. The van der Waals surface area contributed by atoms with Crippen molar-refractivity contribution >= 4 is 29.0 Å². The molecule has 2 aliphatic rings. The van der Waals surface area contributed by atoms with Crippen LogP contribution in [0.25, 0.3) is 0 Å². The Labute approximate surface area is 186 Å². The number of hydrogen-bond acceptors (Lipinski definition) is 5. The Kier molecular flexibility index (Phi) is 4.90. The summed E-state index contributed by atoms with van der Waals surface area (Å²) in [5.74, 6) is 0.108. The van der Waals surface area contributed by atoms with Gasteiger partial charge in [0.05, 0.1) is 5.56 Å². The first kappa shape index (κ1) is 20.2. The molecule has 3 heterocycles. The Bertz CT molecular complexity index is 1230. The fraction of sp³-hybridized carbons (Fsp3) is 0.240. The van der Waals surface area contributed by atoms with Crippen LogP contribution in [0.2, 0.25) is 0 Å². The molecule has 0 radical (unpaired) electrons. The van der Waals surface area contributed by atoms with Crippen LogP contribution in [0.3, 0.4) is 0 Å². The van der Waals surface area contributed by atoms with Gasteiger partial charge in [-0.05, 0) is 47.5 Å². The molecule has 0 saturated heterocycles. The first-order valence-electron chi connectivity index (χ1n) is 10.7. The summed E-state index contributed by atoms with van der Waals surface area (Å²) in [6, 6.07) is 15.1. The molecule has 0 unspecified atom stereocenters. The Morgan fingerprint density at radius 3 is 2.84 bits per heavy atom. The number of rotatable bonds is 4. The molecular formula is C25H25N5O2. The molecule has 0 atom stereocenters. The van der Waals surface area contributed by atoms with Crippen molar-refractivity contribution < 1.29 is 9.59 Å². The molecule has 0 bridgehead atoms. The maximum Gasteiger partial charge on any atom is 0.259 e. The third-order valence-electron chi connectivity index (χ3n) is 6.13. The second-order valence-electron chi connectivity index (χ2n) is 8.85. The van der Waals surface area contributed by atoms with Crippen molar-refractivity contribution in [1.29, 1.82) is 0 Å². The Morgan fingerprint density at radius 1 is 1.09 bits per heavy atom. The second kappa shape index (κ2) is 7.76. The molecule has 32 heavy (non-hydrogen) atoms. The standard InChI is InChI=1S/C25H25N5O2/c1-25(2)14-26-12-15-11-16(8-9-20(15)25)29-24(32)18-6-4-10-27-22(18)30-21-7-3-5-17-19(21)13-28-23(17)31/h3-11,26H,12-14H2,1-2H3,(H,27,30)(H,28,31)(H,29,32). The van der Waals surface area contributed by atoms with E-state index in [-0.39, 0.29) is 17.2 Å². The number of amides is 2. The number of nitrogens with zero attached hydrogens (tertiary/aromatic N) is 1. The number of pyridine rings is 1. The number of benzene rings is 2. The van der Waals surface area contributed by atoms with Crippen molar-refractivity contribution in [1.82, 2.24) is 15.6 Å². The lowest BCUT2D eigenvalue weighted by Gasteiger charge is -2.33. The number of carbonyl (C=O) groups is 2. The predicted molar refractivity (Wildman–Crippen MR) is 124 cm³/mol. The van der Waals surface area contributed by atoms with Crippen LogP contribution in [0.1, 0.15) is 51.3 Å². The van der Waals surface area contributed by atoms with Gasteiger partial charge in [-0.25, -0.2) is 4.98 Å². The van der Waals surface area contributed by atoms with E-state index in [0.717, 1.165) is 30.0 Å². The number of fused-ring (bicyclic) bond motifs is 2. The molecule has 4 N–H and O–H groups in total. The van der Waals surface area contributed by atoms with E-state index in [0.29, 0.717) is 23.5 Å². The SMILES string of the molecule is CC1(C)CNCc2cc(NC(=O)c3cccnc3Nc3cccc4c3CNC4=O)ccc21. The highest BCUT2D eigenvalue weighted by atomic mass is 16.2. The van der Waals surface area contributed by atoms with Gasteiger partial charge in [0, 0.05) is 53.7 Å². The Hall–Kier alpha value is -3.71. The monoisotopic (exact) mass is 427 g/mol. The zero-order valence-electron chi connectivity index (χ0n) is 18.1. The zero-order valence-corrected chi connectivity index (χ0v) is 18.1. The van der Waals surface area contributed by atoms with Crippen LogP contribution in [0, 0.1) is 0 Å². The van der Waals surface area contributed by atoms with Gasteiger partial charge in [-0.2, -0.15) is 0 Å². The highest BCUT2D eigenvalue weighted by Gasteiger charge is 2.27. The summed E-state index contributed by atoms with van der Waals surface area (Å²) in [4.78, 5) is 29.5. The lowest BCUT2D eigenvalue weighted by molar-refractivity contribution is 0.0964. The average Bonchev–Trinajstić information content (AvgIpc) is 3.16. The van der Waals surface area contributed by atoms with Gasteiger partial charge >= 0.3 is 0 Å². The van der Waals surface area contributed by atoms with Crippen molar-refractivity contribution in [3.8, 4) is 0 Å². The number of hydrogen-bond donors (Lipinski definition) is 4. The zero-order chi connectivity index (χ0) is 22.3. The van der Waals surface area contributed by atoms with Gasteiger partial charge in [-0.3, -0.25) is 9.59 Å². The highest BCUT2D eigenvalue weighted by Crippen LogP contribution is 2.32. The smallest absolute Gasteiger partial charge is 0.259 e. The summed E-state index contributed by atoms with van der Waals surface area (Å²) < 4.78 is 0. The lowest BCUT2D eigenvalue weighted by Crippen LogP contribution is -2.38. The van der Waals surface area contributed by atoms with E-state index in [1.165, 1.54) is 11.1 Å². The first-order valence-corrected chi connectivity index (χ1v) is 10.7. The lowest BCUT2D eigenvalue weighted by atomic mass is 9.79. The van der Waals surface area contributed by atoms with Crippen LogP contribution in [0.15, 0.2) is 54.7 Å². The summed E-state index contributed by atoms with van der Waals surface area (Å²) in [5, 5.41) is 12.5. The molecule has 0 fully saturated rings. The molecule has 7 heteroatoms. The predicted octanol–water partition coefficient (Wildman–Crippen LogP) is 3.70. The van der Waals surface area contributed by atoms with Crippen molar-refractivity contribution in [3.05, 3.63) is 82.5 Å². The average molecular weight is 428 g/mol. The van der Waals surface area contributed by atoms with Gasteiger partial charge in [-0.15, -0.1) is 0 Å². The van der Waals surface area contributed by atoms with Crippen molar-refractivity contribution in [3.63, 3.8) is 0 Å². The molecule has 162 valence electrons. The normalized spacial score (nSPS) is 16.0. The van der Waals surface area contributed by atoms with Gasteiger partial charge in [0.15, 0.2) is 0 Å². The van der Waals surface area contributed by atoms with E-state index < -0.39 is 0 Å². The van der Waals surface area contributed by atoms with Crippen LogP contribution in [0.5, 0.6) is 0 Å². The summed E-state index contributed by atoms with van der Waals surface area (Å²) in [6.45, 7) is 6.60. The quantitative estimate of drug-likeness (QED) is 0.509. The summed E-state index contributed by atoms with van der Waals surface area (Å²) >= 11 is 0. The van der Waals surface area contributed by atoms with Crippen LogP contribution >= 0.6 is 0 Å². The minimum absolute atomic E-state index is 0.0583. The maximum absolute atomic E-state index is 13.1. The van der Waals surface area contributed by atoms with E-state index in [4.69, 9.17) is 0 Å². The largest absolute Gasteiger partial charge is 0.348 e. The van der Waals surface area contributed by atoms with Gasteiger partial charge in [0.2, 0.25) is 0 Å². The fourth-order valence-corrected chi connectivity index (χ4v) is 4.47. The van der Waals surface area contributed by atoms with E-state index in [9.17, 15) is 9.59 Å². The molecule has 1 aromatic heterocycles. The van der Waals surface area contributed by atoms with Gasteiger partial charge < -0.3 is 21.3 Å². The molecule has 2 aliphatic heterocycles. The summed E-state index contributed by atoms with van der Waals surface area (Å²) in [7, 11) is 0. The maximum atomic E-state index is 13.1. The first-order chi connectivity index (χ1) is 15.4. The van der Waals surface area contributed by atoms with Crippen molar-refractivity contribution in [2.45, 2.75) is 32.4 Å². The molecule has 2 aromatic carbocycles. The molecule has 0 saturated carbocycles. The van der Waals surface area contributed by atoms with Crippen LogP contribution in [-0.2, 0) is 18.5 Å². The molecule has 0 spiro atoms. The van der Waals surface area contributed by atoms with E-state index in [2.05, 4.69) is 46.2 Å². The third-order valence-corrected chi connectivity index (χ3v) is 6.13. The summed E-state index contributed by atoms with van der Waals surface area (Å²) in [6.07, 6.45) is 1.64. The third kappa shape index (κ3) is 3.61. The van der Waals surface area contributed by atoms with E-state index in [1.807, 2.05) is 24.3 Å². The van der Waals surface area contributed by atoms with Gasteiger partial charge in [0.25, 0.3) is 11.8 Å². The van der Waals surface area contributed by atoms with E-state index in [1.54, 1.807) is 24.4 Å². The molecule has 3 aromatic rings. The molecule has 5 rings (SSSR count). The number of anilines is 3. The van der Waals surface area contributed by atoms with Crippen molar-refractivity contribution in [2.75, 3.05) is 17.2 Å². The number of carbonyl (C=O) groups excluding carboxylic acids is 2. The van der Waals surface area contributed by atoms with Crippen LogP contribution < -0.4 is 21.3 Å². The van der Waals surface area contributed by atoms with Crippen molar-refractivity contribution in [2.24, 2.45) is 0 Å². The molecule has 7 nitrogen and oxygen atoms in total. The molecule has 0 aliphatic carbocycles. The van der Waals surface area contributed by atoms with Gasteiger partial charge in [0.1, 0.15) is 5.82 Å². The minimum Gasteiger partial charge on any atom is -0.348 e. The fourth-order valence-electron chi connectivity index (χ4n) is 4.47. The Morgan fingerprint density at radius 2 is 1.97 bits per heavy atom. The van der Waals surface area contributed by atoms with Gasteiger partial charge in [-0.1, -0.05) is 26.0 Å². The van der Waals surface area contributed by atoms with Crippen LogP contribution in [-0.4, -0.2) is 23.3 Å². The summed E-state index contributed by atoms with van der Waals surface area (Å²) in [5.41, 5.74) is 6.01. The Balaban J connectivity index is 1.40. The minimum atomic E-state index is -0.245. The van der Waals surface area contributed by atoms with Crippen LogP contribution in [0.4, 0.5) is 17.2 Å². The second-order valence-corrected chi connectivity index (χ2v) is 8.85.